The number of nitrogens with zero attached hydrogens (tertiary/aromatic N) is 5. The molecule has 2 aliphatic heterocycles. The van der Waals surface area contributed by atoms with Crippen LogP contribution in [-0.4, -0.2) is 75.1 Å². The van der Waals surface area contributed by atoms with Gasteiger partial charge in [0.25, 0.3) is 5.91 Å². The van der Waals surface area contributed by atoms with Gasteiger partial charge in [0.1, 0.15) is 31.2 Å². The molecule has 2 aromatic carbocycles. The number of aromatic nitrogens is 2. The summed E-state index contributed by atoms with van der Waals surface area (Å²) in [4.78, 5) is 66.4. The van der Waals surface area contributed by atoms with Crippen molar-refractivity contribution in [2.45, 2.75) is 78.7 Å². The molecule has 0 saturated heterocycles. The van der Waals surface area contributed by atoms with E-state index in [2.05, 4.69) is 24.5 Å². The molecule has 4 aromatic heterocycles. The van der Waals surface area contributed by atoms with Crippen molar-refractivity contribution in [1.29, 1.82) is 0 Å². The van der Waals surface area contributed by atoms with Crippen molar-refractivity contribution in [3.05, 3.63) is 94.7 Å². The van der Waals surface area contributed by atoms with E-state index in [1.165, 1.54) is 34.8 Å². The average Bonchev–Trinajstić information content (AvgIpc) is 4.00. The molecule has 16 heteroatoms. The summed E-state index contributed by atoms with van der Waals surface area (Å²) in [5.41, 5.74) is 5.03. The molecule has 12 nitrogen and oxygen atoms in total. The molecule has 1 N–H and O–H groups in total. The minimum atomic E-state index is -0.541. The highest BCUT2D eigenvalue weighted by Crippen LogP contribution is 2.48. The number of carbonyl (C=O) groups is 4. The maximum absolute atomic E-state index is 12.6. The van der Waals surface area contributed by atoms with Crippen molar-refractivity contribution >= 4 is 99.8 Å². The largest absolute Gasteiger partial charge is 0.444 e. The van der Waals surface area contributed by atoms with Crippen molar-refractivity contribution in [3.8, 4) is 21.1 Å². The average molecular weight is 897 g/mol. The van der Waals surface area contributed by atoms with Crippen LogP contribution in [0.15, 0.2) is 73.8 Å². The highest BCUT2D eigenvalue weighted by atomic mass is 32.1. The van der Waals surface area contributed by atoms with Crippen molar-refractivity contribution in [2.75, 3.05) is 30.4 Å². The van der Waals surface area contributed by atoms with Crippen molar-refractivity contribution in [2.24, 2.45) is 0 Å². The SMILES string of the molecule is C=CC(=O)N(C)c1sc2c(c1-c1nc3ccccc3s1)CCN(C(=O)OC(C)(C)C)C2.C=CC(=O)Nc1sc2c(c1-c1nc3ccccc3s1)CCN(C(=O)OC(C)(C)C)C2. The molecule has 6 heterocycles. The standard InChI is InChI=1S/C23H25N3O3S2.C22H23N3O3S2/c1-6-18(27)25(5)21-19(20-24-15-9-7-8-10-16(15)30-20)14-11-12-26(13-17(14)31-21)22(28)29-23(2,3)4;1-5-17(26)24-20-18(19-23-14-8-6-7-9-15(14)29-19)13-10-11-25(12-16(13)30-20)21(27)28-22(2,3)4/h6-10H,1,11-13H2,2-5H3;5-9H,1,10-12H2,2-4H3,(H,24,26). The van der Waals surface area contributed by atoms with E-state index in [9.17, 15) is 19.2 Å². The smallest absolute Gasteiger partial charge is 0.410 e. The predicted molar refractivity (Wildman–Crippen MR) is 249 cm³/mol. The summed E-state index contributed by atoms with van der Waals surface area (Å²) in [6.45, 7) is 20.4. The maximum atomic E-state index is 12.6. The van der Waals surface area contributed by atoms with Crippen LogP contribution in [0.4, 0.5) is 19.6 Å². The lowest BCUT2D eigenvalue weighted by atomic mass is 10.0. The van der Waals surface area contributed by atoms with Gasteiger partial charge in [-0.1, -0.05) is 37.4 Å². The first-order valence-electron chi connectivity index (χ1n) is 19.7. The quantitative estimate of drug-likeness (QED) is 0.163. The van der Waals surface area contributed by atoms with E-state index in [1.54, 1.807) is 44.4 Å². The molecule has 61 heavy (non-hydrogen) atoms. The Morgan fingerprint density at radius 3 is 1.66 bits per heavy atom. The molecule has 0 bridgehead atoms. The van der Waals surface area contributed by atoms with Gasteiger partial charge in [-0.2, -0.15) is 0 Å². The zero-order valence-electron chi connectivity index (χ0n) is 35.2. The summed E-state index contributed by atoms with van der Waals surface area (Å²) in [6.07, 6.45) is 3.30. The molecule has 8 rings (SSSR count). The van der Waals surface area contributed by atoms with Gasteiger partial charge in [-0.15, -0.1) is 45.3 Å². The zero-order valence-corrected chi connectivity index (χ0v) is 38.5. The van der Waals surface area contributed by atoms with Crippen LogP contribution in [0.1, 0.15) is 62.4 Å². The van der Waals surface area contributed by atoms with Crippen LogP contribution < -0.4 is 10.2 Å². The molecule has 0 atom stereocenters. The van der Waals surface area contributed by atoms with E-state index >= 15 is 0 Å². The number of anilines is 2. The third kappa shape index (κ3) is 9.72. The molecule has 4 amide bonds. The van der Waals surface area contributed by atoms with E-state index in [0.29, 0.717) is 39.0 Å². The Balaban J connectivity index is 0.000000184. The molecular weight excluding hydrogens is 849 g/mol. The Bertz CT molecular complexity index is 2610. The Kier molecular flexibility index (Phi) is 12.5. The van der Waals surface area contributed by atoms with Gasteiger partial charge in [0.2, 0.25) is 5.91 Å². The van der Waals surface area contributed by atoms with Crippen LogP contribution in [0.25, 0.3) is 41.6 Å². The predicted octanol–water partition coefficient (Wildman–Crippen LogP) is 10.9. The lowest BCUT2D eigenvalue weighted by Gasteiger charge is -2.30. The topological polar surface area (TPSA) is 134 Å². The van der Waals surface area contributed by atoms with E-state index in [-0.39, 0.29) is 24.0 Å². The van der Waals surface area contributed by atoms with Gasteiger partial charge in [-0.25, -0.2) is 19.6 Å². The third-order valence-corrected chi connectivity index (χ3v) is 14.2. The van der Waals surface area contributed by atoms with E-state index in [4.69, 9.17) is 19.4 Å². The van der Waals surface area contributed by atoms with Crippen molar-refractivity contribution in [3.63, 3.8) is 0 Å². The van der Waals surface area contributed by atoms with Crippen LogP contribution in [0, 0.1) is 0 Å². The second kappa shape index (κ2) is 17.5. The van der Waals surface area contributed by atoms with Crippen molar-refractivity contribution < 1.29 is 28.7 Å². The molecule has 318 valence electrons. The van der Waals surface area contributed by atoms with Crippen molar-refractivity contribution in [1.82, 2.24) is 19.8 Å². The number of likely N-dealkylation sites (N-methyl/N-ethyl adjacent to an activating group) is 1. The number of ether oxygens (including phenoxy) is 2. The zero-order chi connectivity index (χ0) is 43.8. The molecule has 6 aromatic rings. The Labute approximate surface area is 371 Å². The fourth-order valence-electron chi connectivity index (χ4n) is 6.89. The van der Waals surface area contributed by atoms with E-state index in [0.717, 1.165) is 72.5 Å². The Morgan fingerprint density at radius 1 is 0.705 bits per heavy atom. The molecule has 2 aliphatic rings. The number of amides is 4. The molecule has 0 unspecified atom stereocenters. The number of thiazole rings is 2. The number of thiophene rings is 2. The van der Waals surface area contributed by atoms with E-state index < -0.39 is 11.2 Å². The normalized spacial score (nSPS) is 13.8. The molecule has 0 radical (unpaired) electrons. The molecule has 0 aliphatic carbocycles. The number of para-hydroxylation sites is 2. The number of rotatable bonds is 6. The first kappa shape index (κ1) is 43.7. The fraction of sp³-hybridized carbons (Fsp3) is 0.333. The molecule has 0 fully saturated rings. The third-order valence-electron chi connectivity index (χ3n) is 9.65. The van der Waals surface area contributed by atoms with Crippen LogP contribution >= 0.6 is 45.3 Å². The van der Waals surface area contributed by atoms with Gasteiger partial charge < -0.3 is 29.5 Å². The van der Waals surface area contributed by atoms with Crippen LogP contribution in [0.5, 0.6) is 0 Å². The maximum Gasteiger partial charge on any atom is 0.410 e. The second-order valence-electron chi connectivity index (χ2n) is 16.5. The molecule has 0 spiro atoms. The number of benzene rings is 2. The van der Waals surface area contributed by atoms with Gasteiger partial charge >= 0.3 is 12.2 Å². The summed E-state index contributed by atoms with van der Waals surface area (Å²) in [5.74, 6) is -0.440. The second-order valence-corrected chi connectivity index (χ2v) is 20.7. The van der Waals surface area contributed by atoms with Crippen LogP contribution in [0.2, 0.25) is 0 Å². The summed E-state index contributed by atoms with van der Waals surface area (Å²) < 4.78 is 13.3. The van der Waals surface area contributed by atoms with Crippen LogP contribution in [0.3, 0.4) is 0 Å². The Morgan fingerprint density at radius 2 is 1.18 bits per heavy atom. The first-order chi connectivity index (χ1) is 28.9. The lowest BCUT2D eigenvalue weighted by Crippen LogP contribution is -2.39. The minimum Gasteiger partial charge on any atom is -0.444 e. The minimum absolute atomic E-state index is 0.176. The number of carbonyl (C=O) groups excluding carboxylic acids is 4. The van der Waals surface area contributed by atoms with Gasteiger partial charge in [-0.05, 0) is 102 Å². The fourth-order valence-corrected chi connectivity index (χ4v) is 11.7. The highest BCUT2D eigenvalue weighted by molar-refractivity contribution is 7.23. The summed E-state index contributed by atoms with van der Waals surface area (Å²) in [5, 5.41) is 6.28. The van der Waals surface area contributed by atoms with Gasteiger partial charge in [0, 0.05) is 41.0 Å². The lowest BCUT2D eigenvalue weighted by molar-refractivity contribution is -0.114. The van der Waals surface area contributed by atoms with Gasteiger partial charge in [0.05, 0.1) is 33.5 Å². The summed E-state index contributed by atoms with van der Waals surface area (Å²) in [7, 11) is 1.75. The molecule has 0 saturated carbocycles. The first-order valence-corrected chi connectivity index (χ1v) is 23.0. The number of hydrogen-bond acceptors (Lipinski definition) is 12. The van der Waals surface area contributed by atoms with Gasteiger partial charge in [0.15, 0.2) is 0 Å². The summed E-state index contributed by atoms with van der Waals surface area (Å²) in [6, 6.07) is 16.0. The van der Waals surface area contributed by atoms with Gasteiger partial charge in [-0.3, -0.25) is 9.59 Å². The van der Waals surface area contributed by atoms with E-state index in [1.807, 2.05) is 84.0 Å². The number of nitrogens with one attached hydrogen (secondary N) is 1. The number of hydrogen-bond donors (Lipinski definition) is 1. The number of fused-ring (bicyclic) bond motifs is 4. The van der Waals surface area contributed by atoms with Crippen LogP contribution in [-0.2, 0) is 45.0 Å². The monoisotopic (exact) mass is 896 g/mol. The summed E-state index contributed by atoms with van der Waals surface area (Å²) >= 11 is 6.24. The highest BCUT2D eigenvalue weighted by Gasteiger charge is 2.34. The Hall–Kier alpha value is -5.42. The molecular formula is C45H48N6O6S4.